The molecule has 5 rings (SSSR count). The lowest BCUT2D eigenvalue weighted by Crippen LogP contribution is -2.41. The van der Waals surface area contributed by atoms with Crippen molar-refractivity contribution in [3.8, 4) is 34.3 Å². The molecule has 1 saturated heterocycles. The fourth-order valence-corrected chi connectivity index (χ4v) is 5.27. The number of amides is 1. The van der Waals surface area contributed by atoms with Gasteiger partial charge in [-0.2, -0.15) is 9.49 Å². The molecular weight excluding hydrogens is 549 g/mol. The Balaban J connectivity index is 1.47. The number of aromatic nitrogens is 3. The molecule has 0 spiro atoms. The van der Waals surface area contributed by atoms with E-state index < -0.39 is 5.82 Å². The van der Waals surface area contributed by atoms with E-state index in [0.717, 1.165) is 29.3 Å². The second-order valence-electron chi connectivity index (χ2n) is 11.5. The molecule has 10 heteroatoms. The van der Waals surface area contributed by atoms with E-state index in [1.54, 1.807) is 48.7 Å². The summed E-state index contributed by atoms with van der Waals surface area (Å²) in [4.78, 5) is 23.0. The molecule has 1 fully saturated rings. The Kier molecular flexibility index (Phi) is 8.35. The van der Waals surface area contributed by atoms with Crippen molar-refractivity contribution < 1.29 is 23.4 Å². The monoisotopic (exact) mass is 583 g/mol. The summed E-state index contributed by atoms with van der Waals surface area (Å²) in [7, 11) is 3.00. The summed E-state index contributed by atoms with van der Waals surface area (Å²) in [5.41, 5.74) is 2.13. The van der Waals surface area contributed by atoms with Gasteiger partial charge in [-0.05, 0) is 54.7 Å². The minimum Gasteiger partial charge on any atom is -0.494 e. The maximum Gasteiger partial charge on any atom is 0.252 e. The molecule has 1 atom stereocenters. The quantitative estimate of drug-likeness (QED) is 0.171. The molecular formula is C33H34FN5O4. The maximum absolute atomic E-state index is 14.6. The fourth-order valence-electron chi connectivity index (χ4n) is 5.27. The van der Waals surface area contributed by atoms with Gasteiger partial charge < -0.3 is 19.1 Å². The molecule has 1 unspecified atom stereocenters. The van der Waals surface area contributed by atoms with Gasteiger partial charge in [0.05, 0.1) is 38.4 Å². The van der Waals surface area contributed by atoms with Crippen LogP contribution in [0.25, 0.3) is 27.0 Å². The Morgan fingerprint density at radius 1 is 1.07 bits per heavy atom. The first-order valence-electron chi connectivity index (χ1n) is 14.0. The molecule has 1 aliphatic rings. The number of hydrogen-bond donors (Lipinski definition) is 0. The summed E-state index contributed by atoms with van der Waals surface area (Å²) in [6, 6.07) is 11.8. The van der Waals surface area contributed by atoms with Crippen LogP contribution in [0.5, 0.6) is 23.0 Å². The second-order valence-corrected chi connectivity index (χ2v) is 11.5. The smallest absolute Gasteiger partial charge is 0.252 e. The lowest BCUT2D eigenvalue weighted by atomic mass is 9.95. The molecule has 2 aromatic heterocycles. The van der Waals surface area contributed by atoms with E-state index in [-0.39, 0.29) is 34.6 Å². The van der Waals surface area contributed by atoms with Gasteiger partial charge in [0, 0.05) is 24.8 Å². The number of likely N-dealkylation sites (tertiary alicyclic amines) is 1. The summed E-state index contributed by atoms with van der Waals surface area (Å²) in [6.07, 6.45) is 6.72. The van der Waals surface area contributed by atoms with Crippen molar-refractivity contribution in [2.45, 2.75) is 39.7 Å². The van der Waals surface area contributed by atoms with Crippen molar-refractivity contribution in [3.05, 3.63) is 83.9 Å². The van der Waals surface area contributed by atoms with Crippen LogP contribution in [0.4, 0.5) is 4.39 Å². The first-order valence-corrected chi connectivity index (χ1v) is 14.0. The Bertz CT molecular complexity index is 1720. The van der Waals surface area contributed by atoms with Crippen LogP contribution >= 0.6 is 0 Å². The van der Waals surface area contributed by atoms with Crippen LogP contribution in [0, 0.1) is 17.8 Å². The van der Waals surface area contributed by atoms with Gasteiger partial charge in [0.15, 0.2) is 17.2 Å². The van der Waals surface area contributed by atoms with Crippen LogP contribution in [0.15, 0.2) is 66.6 Å². The normalized spacial score (nSPS) is 15.7. The topological polar surface area (TPSA) is 83.1 Å². The minimum atomic E-state index is -0.575. The van der Waals surface area contributed by atoms with Gasteiger partial charge in [0.25, 0.3) is 5.91 Å². The summed E-state index contributed by atoms with van der Waals surface area (Å²) in [5.74, 6) is 0.354. The van der Waals surface area contributed by atoms with Crippen molar-refractivity contribution in [2.75, 3.05) is 27.3 Å². The number of benzene rings is 2. The molecule has 1 aliphatic heterocycles. The number of allylic oxidation sites excluding steroid dienone is 1. The van der Waals surface area contributed by atoms with Gasteiger partial charge in [-0.1, -0.05) is 32.9 Å². The first kappa shape index (κ1) is 29.6. The first-order chi connectivity index (χ1) is 20.6. The highest BCUT2D eigenvalue weighted by Gasteiger charge is 2.30. The van der Waals surface area contributed by atoms with E-state index in [0.29, 0.717) is 30.3 Å². The number of carbonyl (C=O) groups excluding carboxylic acids is 1. The summed E-state index contributed by atoms with van der Waals surface area (Å²) < 4.78 is 33.1. The third-order valence-corrected chi connectivity index (χ3v) is 7.24. The number of nitrogens with zero attached hydrogens (tertiary/aromatic N) is 5. The highest BCUT2D eigenvalue weighted by molar-refractivity contribution is 5.97. The SMILES string of the molecule is [C-]#[N+]/C(=C\C(C)(C)C)C(=O)N1CCCC(n2nc(-c3ccc(Oc4cccc(OC)c4F)cc3)c3cncc(OC)c32)C1. The molecule has 0 radical (unpaired) electrons. The largest absolute Gasteiger partial charge is 0.494 e. The number of piperidine rings is 1. The lowest BCUT2D eigenvalue weighted by molar-refractivity contribution is -0.128. The van der Waals surface area contributed by atoms with Gasteiger partial charge in [-0.15, -0.1) is 0 Å². The van der Waals surface area contributed by atoms with Crippen molar-refractivity contribution >= 4 is 16.8 Å². The predicted molar refractivity (Wildman–Crippen MR) is 162 cm³/mol. The van der Waals surface area contributed by atoms with E-state index in [2.05, 4.69) is 9.83 Å². The van der Waals surface area contributed by atoms with E-state index >= 15 is 0 Å². The average Bonchev–Trinajstić information content (AvgIpc) is 3.40. The zero-order valence-electron chi connectivity index (χ0n) is 24.9. The molecule has 0 aliphatic carbocycles. The number of fused-ring (bicyclic) bond motifs is 1. The Labute approximate surface area is 250 Å². The number of halogens is 1. The Hall–Kier alpha value is -4.91. The number of hydrogen-bond acceptors (Lipinski definition) is 6. The Morgan fingerprint density at radius 2 is 1.79 bits per heavy atom. The molecule has 0 bridgehead atoms. The van der Waals surface area contributed by atoms with Crippen molar-refractivity contribution in [1.82, 2.24) is 19.7 Å². The summed E-state index contributed by atoms with van der Waals surface area (Å²) >= 11 is 0. The van der Waals surface area contributed by atoms with Crippen LogP contribution in [0.1, 0.15) is 39.7 Å². The van der Waals surface area contributed by atoms with Crippen LogP contribution in [0.2, 0.25) is 0 Å². The third kappa shape index (κ3) is 6.16. The minimum absolute atomic E-state index is 0.0610. The molecule has 9 nitrogen and oxygen atoms in total. The second kappa shape index (κ2) is 12.1. The van der Waals surface area contributed by atoms with E-state index in [1.165, 1.54) is 19.2 Å². The van der Waals surface area contributed by atoms with Crippen molar-refractivity contribution in [3.63, 3.8) is 0 Å². The molecule has 222 valence electrons. The molecule has 43 heavy (non-hydrogen) atoms. The van der Waals surface area contributed by atoms with E-state index in [9.17, 15) is 9.18 Å². The zero-order chi connectivity index (χ0) is 30.7. The molecule has 2 aromatic carbocycles. The standard InChI is InChI=1S/C33H34FN5O4/c1-33(2,3)17-25(35-4)32(40)38-16-8-9-22(20-38)39-31-24(18-36-19-28(31)42-6)30(37-39)21-12-14-23(15-13-21)43-27-11-7-10-26(41-5)29(27)34/h7,10-15,17-19,22H,8-9,16,20H2,1-3,5-6H3/b25-17-. The molecule has 1 amide bonds. The van der Waals surface area contributed by atoms with Gasteiger partial charge >= 0.3 is 0 Å². The summed E-state index contributed by atoms with van der Waals surface area (Å²) in [6.45, 7) is 14.5. The third-order valence-electron chi connectivity index (χ3n) is 7.24. The van der Waals surface area contributed by atoms with Crippen LogP contribution in [-0.2, 0) is 4.79 Å². The van der Waals surface area contributed by atoms with Gasteiger partial charge in [-0.3, -0.25) is 14.5 Å². The fraction of sp³-hybridized carbons (Fsp3) is 0.333. The average molecular weight is 584 g/mol. The highest BCUT2D eigenvalue weighted by atomic mass is 19.1. The van der Waals surface area contributed by atoms with Crippen LogP contribution in [-0.4, -0.2) is 52.9 Å². The number of methoxy groups -OCH3 is 2. The van der Waals surface area contributed by atoms with E-state index in [1.807, 2.05) is 37.6 Å². The van der Waals surface area contributed by atoms with Crippen LogP contribution in [0.3, 0.4) is 0 Å². The highest BCUT2D eigenvalue weighted by Crippen LogP contribution is 2.38. The van der Waals surface area contributed by atoms with E-state index in [4.69, 9.17) is 25.9 Å². The molecule has 0 N–H and O–H groups in total. The summed E-state index contributed by atoms with van der Waals surface area (Å²) in [5, 5.41) is 5.82. The van der Waals surface area contributed by atoms with Crippen LogP contribution < -0.4 is 14.2 Å². The van der Waals surface area contributed by atoms with Gasteiger partial charge in [-0.25, -0.2) is 4.85 Å². The van der Waals surface area contributed by atoms with Crippen molar-refractivity contribution in [1.29, 1.82) is 0 Å². The predicted octanol–water partition coefficient (Wildman–Crippen LogP) is 7.06. The van der Waals surface area contributed by atoms with Gasteiger partial charge in [0.2, 0.25) is 11.5 Å². The maximum atomic E-state index is 14.6. The van der Waals surface area contributed by atoms with Gasteiger partial charge in [0.1, 0.15) is 17.0 Å². The molecule has 4 aromatic rings. The molecule has 0 saturated carbocycles. The number of ether oxygens (including phenoxy) is 3. The molecule has 3 heterocycles. The number of rotatable bonds is 7. The number of carbonyl (C=O) groups is 1. The lowest BCUT2D eigenvalue weighted by Gasteiger charge is -2.33. The van der Waals surface area contributed by atoms with Crippen molar-refractivity contribution in [2.24, 2.45) is 5.41 Å². The Morgan fingerprint density at radius 3 is 2.47 bits per heavy atom. The number of pyridine rings is 1. The zero-order valence-corrected chi connectivity index (χ0v) is 24.9.